The van der Waals surface area contributed by atoms with E-state index >= 15 is 0 Å². The van der Waals surface area contributed by atoms with E-state index in [2.05, 4.69) is 12.2 Å². The summed E-state index contributed by atoms with van der Waals surface area (Å²) in [6.07, 6.45) is 6.11. The predicted octanol–water partition coefficient (Wildman–Crippen LogP) is 2.22. The van der Waals surface area contributed by atoms with Crippen molar-refractivity contribution in [1.29, 1.82) is 0 Å². The molecule has 9 heteroatoms. The predicted molar refractivity (Wildman–Crippen MR) is 96.8 cm³/mol. The van der Waals surface area contributed by atoms with Gasteiger partial charge in [-0.15, -0.1) is 0 Å². The SMILES string of the molecule is CC1CCCC(NC(=O)C2CCCN2S(=O)(=O)c2ccc(C(=O)O)o2)CC1. The number of carboxylic acids is 1. The second-order valence-corrected chi connectivity index (χ2v) is 9.34. The molecule has 0 aromatic carbocycles. The van der Waals surface area contributed by atoms with Gasteiger partial charge in [0.15, 0.2) is 0 Å². The summed E-state index contributed by atoms with van der Waals surface area (Å²) >= 11 is 0. The number of rotatable bonds is 5. The number of aromatic carboxylic acids is 1. The van der Waals surface area contributed by atoms with Crippen LogP contribution in [0.25, 0.3) is 0 Å². The highest BCUT2D eigenvalue weighted by Gasteiger charge is 2.41. The van der Waals surface area contributed by atoms with Gasteiger partial charge in [-0.1, -0.05) is 19.8 Å². The fourth-order valence-corrected chi connectivity index (χ4v) is 5.48. The highest BCUT2D eigenvalue weighted by Crippen LogP contribution is 2.28. The minimum absolute atomic E-state index is 0.0785. The molecule has 8 nitrogen and oxygen atoms in total. The molecule has 1 saturated heterocycles. The molecule has 3 rings (SSSR count). The molecule has 27 heavy (non-hydrogen) atoms. The monoisotopic (exact) mass is 398 g/mol. The Kier molecular flexibility index (Phi) is 5.90. The quantitative estimate of drug-likeness (QED) is 0.735. The zero-order chi connectivity index (χ0) is 19.6. The minimum Gasteiger partial charge on any atom is -0.475 e. The lowest BCUT2D eigenvalue weighted by Crippen LogP contribution is -2.48. The molecule has 1 amide bonds. The van der Waals surface area contributed by atoms with Gasteiger partial charge in [0.25, 0.3) is 10.0 Å². The Labute approximate surface area is 159 Å². The van der Waals surface area contributed by atoms with Gasteiger partial charge in [0, 0.05) is 12.6 Å². The summed E-state index contributed by atoms with van der Waals surface area (Å²) < 4.78 is 31.8. The maximum absolute atomic E-state index is 12.8. The van der Waals surface area contributed by atoms with Crippen LogP contribution in [0.4, 0.5) is 0 Å². The molecule has 0 spiro atoms. The van der Waals surface area contributed by atoms with E-state index in [0.29, 0.717) is 18.8 Å². The van der Waals surface area contributed by atoms with E-state index in [1.165, 1.54) is 0 Å². The van der Waals surface area contributed by atoms with Crippen molar-refractivity contribution in [2.75, 3.05) is 6.54 Å². The van der Waals surface area contributed by atoms with Crippen LogP contribution >= 0.6 is 0 Å². The first-order chi connectivity index (χ1) is 12.8. The van der Waals surface area contributed by atoms with Crippen LogP contribution in [0.3, 0.4) is 0 Å². The van der Waals surface area contributed by atoms with Crippen LogP contribution in [0, 0.1) is 5.92 Å². The van der Waals surface area contributed by atoms with Gasteiger partial charge < -0.3 is 14.8 Å². The zero-order valence-corrected chi connectivity index (χ0v) is 16.2. The molecule has 1 aromatic heterocycles. The lowest BCUT2D eigenvalue weighted by Gasteiger charge is -2.25. The number of carboxylic acid groups (broad SMARTS) is 1. The van der Waals surface area contributed by atoms with E-state index in [0.717, 1.165) is 48.5 Å². The molecule has 1 saturated carbocycles. The molecule has 1 aromatic rings. The van der Waals surface area contributed by atoms with Crippen LogP contribution in [-0.2, 0) is 14.8 Å². The Morgan fingerprint density at radius 3 is 2.63 bits per heavy atom. The van der Waals surface area contributed by atoms with E-state index in [-0.39, 0.29) is 18.5 Å². The molecule has 150 valence electrons. The maximum atomic E-state index is 12.8. The van der Waals surface area contributed by atoms with Gasteiger partial charge in [-0.25, -0.2) is 13.2 Å². The van der Waals surface area contributed by atoms with Crippen molar-refractivity contribution in [3.05, 3.63) is 17.9 Å². The number of carbonyl (C=O) groups is 2. The second-order valence-electron chi connectivity index (χ2n) is 7.52. The van der Waals surface area contributed by atoms with Crippen molar-refractivity contribution in [3.8, 4) is 0 Å². The van der Waals surface area contributed by atoms with Gasteiger partial charge in [-0.05, 0) is 50.2 Å². The van der Waals surface area contributed by atoms with Gasteiger partial charge >= 0.3 is 5.97 Å². The number of furan rings is 1. The molecule has 3 atom stereocenters. The summed E-state index contributed by atoms with van der Waals surface area (Å²) in [6, 6.07) is 1.52. The van der Waals surface area contributed by atoms with Crippen LogP contribution in [0.1, 0.15) is 62.4 Å². The lowest BCUT2D eigenvalue weighted by atomic mass is 10.0. The van der Waals surface area contributed by atoms with E-state index in [1.54, 1.807) is 0 Å². The standard InChI is InChI=1S/C18H26N2O6S/c1-12-4-2-5-13(8-7-12)19-17(21)14-6-3-11-20(14)27(24,25)16-10-9-15(26-16)18(22)23/h9-10,12-14H,2-8,11H2,1H3,(H,19,21)(H,22,23). The molecule has 1 aliphatic heterocycles. The second kappa shape index (κ2) is 8.02. The highest BCUT2D eigenvalue weighted by atomic mass is 32.2. The fraction of sp³-hybridized carbons (Fsp3) is 0.667. The number of carbonyl (C=O) groups excluding carboxylic acids is 1. The van der Waals surface area contributed by atoms with Gasteiger partial charge in [0.1, 0.15) is 6.04 Å². The van der Waals surface area contributed by atoms with Crippen LogP contribution < -0.4 is 5.32 Å². The van der Waals surface area contributed by atoms with E-state index in [1.807, 2.05) is 0 Å². The smallest absolute Gasteiger partial charge is 0.371 e. The van der Waals surface area contributed by atoms with Crippen molar-refractivity contribution < 1.29 is 27.5 Å². The largest absolute Gasteiger partial charge is 0.475 e. The summed E-state index contributed by atoms with van der Waals surface area (Å²) in [6.45, 7) is 2.43. The third-order valence-electron chi connectivity index (χ3n) is 5.47. The Morgan fingerprint density at radius 1 is 1.15 bits per heavy atom. The Balaban J connectivity index is 1.71. The van der Waals surface area contributed by atoms with Gasteiger partial charge in [-0.2, -0.15) is 4.31 Å². The molecule has 0 bridgehead atoms. The van der Waals surface area contributed by atoms with Crippen molar-refractivity contribution in [2.45, 2.75) is 69.0 Å². The zero-order valence-electron chi connectivity index (χ0n) is 15.4. The summed E-state index contributed by atoms with van der Waals surface area (Å²) in [5.74, 6) is -1.41. The molecule has 1 aliphatic carbocycles. The number of hydrogen-bond acceptors (Lipinski definition) is 5. The maximum Gasteiger partial charge on any atom is 0.371 e. The lowest BCUT2D eigenvalue weighted by molar-refractivity contribution is -0.125. The Hall–Kier alpha value is -1.87. The normalized spacial score (nSPS) is 27.2. The van der Waals surface area contributed by atoms with E-state index < -0.39 is 32.9 Å². The number of sulfonamides is 1. The summed E-state index contributed by atoms with van der Waals surface area (Å²) in [4.78, 5) is 23.7. The average molecular weight is 398 g/mol. The first-order valence-electron chi connectivity index (χ1n) is 9.44. The Morgan fingerprint density at radius 2 is 1.93 bits per heavy atom. The van der Waals surface area contributed by atoms with Crippen LogP contribution in [0.5, 0.6) is 0 Å². The summed E-state index contributed by atoms with van der Waals surface area (Å²) in [7, 11) is -4.06. The number of nitrogens with one attached hydrogen (secondary N) is 1. The highest BCUT2D eigenvalue weighted by molar-refractivity contribution is 7.89. The van der Waals surface area contributed by atoms with Crippen LogP contribution in [0.2, 0.25) is 0 Å². The first kappa shape index (κ1) is 19.9. The van der Waals surface area contributed by atoms with Gasteiger partial charge in [0.2, 0.25) is 16.8 Å². The molecule has 2 heterocycles. The topological polar surface area (TPSA) is 117 Å². The van der Waals surface area contributed by atoms with Crippen molar-refractivity contribution in [1.82, 2.24) is 9.62 Å². The molecule has 2 fully saturated rings. The number of nitrogens with zero attached hydrogens (tertiary/aromatic N) is 1. The first-order valence-corrected chi connectivity index (χ1v) is 10.9. The molecular formula is C18H26N2O6S. The third-order valence-corrected chi connectivity index (χ3v) is 7.25. The average Bonchev–Trinajstić information content (AvgIpc) is 3.25. The Bertz CT molecular complexity index is 803. The van der Waals surface area contributed by atoms with Gasteiger partial charge in [0.05, 0.1) is 0 Å². The fourth-order valence-electron chi connectivity index (χ4n) is 3.91. The molecule has 2 N–H and O–H groups in total. The summed E-state index contributed by atoms with van der Waals surface area (Å²) in [5.41, 5.74) is 0. The minimum atomic E-state index is -4.06. The van der Waals surface area contributed by atoms with Crippen molar-refractivity contribution in [2.24, 2.45) is 5.92 Å². The molecular weight excluding hydrogens is 372 g/mol. The number of amides is 1. The molecule has 0 radical (unpaired) electrons. The molecule has 3 unspecified atom stereocenters. The van der Waals surface area contributed by atoms with Crippen LogP contribution in [-0.4, -0.2) is 48.3 Å². The number of hydrogen-bond donors (Lipinski definition) is 2. The van der Waals surface area contributed by atoms with E-state index in [9.17, 15) is 18.0 Å². The third kappa shape index (κ3) is 4.35. The van der Waals surface area contributed by atoms with Crippen molar-refractivity contribution >= 4 is 21.9 Å². The van der Waals surface area contributed by atoms with E-state index in [4.69, 9.17) is 9.52 Å². The van der Waals surface area contributed by atoms with Gasteiger partial charge in [-0.3, -0.25) is 4.79 Å². The van der Waals surface area contributed by atoms with Crippen LogP contribution in [0.15, 0.2) is 21.6 Å². The summed E-state index contributed by atoms with van der Waals surface area (Å²) in [5, 5.41) is 11.5. The van der Waals surface area contributed by atoms with Crippen molar-refractivity contribution in [3.63, 3.8) is 0 Å². The molecule has 2 aliphatic rings.